The average Bonchev–Trinajstić information content (AvgIpc) is 3.56. The van der Waals surface area contributed by atoms with Crippen LogP contribution in [0.4, 0.5) is 11.4 Å². The molecule has 0 spiro atoms. The van der Waals surface area contributed by atoms with Gasteiger partial charge >= 0.3 is 0 Å². The van der Waals surface area contributed by atoms with Crippen molar-refractivity contribution < 1.29 is 28.7 Å². The Morgan fingerprint density at radius 1 is 0.500 bits per heavy atom. The average molecular weight is 400 g/mol. The zero-order valence-corrected chi connectivity index (χ0v) is 15.3. The number of benzene rings is 1. The fourth-order valence-electron chi connectivity index (χ4n) is 5.00. The highest BCUT2D eigenvalue weighted by molar-refractivity contribution is 6.35. The molecule has 0 aromatic heterocycles. The highest BCUT2D eigenvalue weighted by atomic mass is 16.5. The number of hydrogen-bond acceptors (Lipinski definition) is 6. The van der Waals surface area contributed by atoms with Crippen LogP contribution in [0.5, 0.6) is 0 Å². The molecule has 4 unspecified atom stereocenters. The maximum atomic E-state index is 12.8. The van der Waals surface area contributed by atoms with Gasteiger partial charge in [0.2, 0.25) is 0 Å². The topological polar surface area (TPSA) is 93.2 Å². The third-order valence-corrected chi connectivity index (χ3v) is 6.33. The van der Waals surface area contributed by atoms with Crippen molar-refractivity contribution in [1.29, 1.82) is 0 Å². The molecule has 4 bridgehead atoms. The summed E-state index contributed by atoms with van der Waals surface area (Å²) in [6.45, 7) is 0. The van der Waals surface area contributed by atoms with E-state index in [-0.39, 0.29) is 0 Å². The molecular weight excluding hydrogens is 388 g/mol. The molecule has 7 rings (SSSR count). The third-order valence-electron chi connectivity index (χ3n) is 6.33. The van der Waals surface area contributed by atoms with Gasteiger partial charge in [-0.15, -0.1) is 0 Å². The summed E-state index contributed by atoms with van der Waals surface area (Å²) in [5.74, 6) is -1.58. The molecule has 4 amide bonds. The molecule has 146 valence electrons. The van der Waals surface area contributed by atoms with Gasteiger partial charge in [0.15, 0.2) is 0 Å². The minimum atomic E-state index is -0.467. The summed E-state index contributed by atoms with van der Waals surface area (Å²) >= 11 is 0. The normalized spacial score (nSPS) is 32.7. The summed E-state index contributed by atoms with van der Waals surface area (Å²) in [4.78, 5) is 53.6. The summed E-state index contributed by atoms with van der Waals surface area (Å²) in [5, 5.41) is 0. The number of rotatable bonds is 2. The molecule has 0 radical (unpaired) electrons. The van der Waals surface area contributed by atoms with Crippen LogP contribution < -0.4 is 9.80 Å². The number of anilines is 2. The first-order chi connectivity index (χ1) is 14.5. The van der Waals surface area contributed by atoms with Crippen molar-refractivity contribution in [1.82, 2.24) is 0 Å². The van der Waals surface area contributed by atoms with Crippen molar-refractivity contribution in [2.45, 2.75) is 24.4 Å². The Balaban J connectivity index is 1.19. The van der Waals surface area contributed by atoms with E-state index in [1.165, 1.54) is 0 Å². The smallest absolute Gasteiger partial charge is 0.264 e. The number of imide groups is 2. The van der Waals surface area contributed by atoms with E-state index in [2.05, 4.69) is 0 Å². The van der Waals surface area contributed by atoms with Crippen LogP contribution in [0, 0.1) is 0 Å². The second-order valence-corrected chi connectivity index (χ2v) is 7.79. The molecule has 0 saturated heterocycles. The van der Waals surface area contributed by atoms with Gasteiger partial charge < -0.3 is 9.47 Å². The Morgan fingerprint density at radius 3 is 1.03 bits per heavy atom. The Bertz CT molecular complexity index is 1090. The first-order valence-electron chi connectivity index (χ1n) is 9.58. The van der Waals surface area contributed by atoms with Crippen LogP contribution >= 0.6 is 0 Å². The molecule has 0 fully saturated rings. The number of ether oxygens (including phenoxy) is 2. The maximum absolute atomic E-state index is 12.8. The predicted molar refractivity (Wildman–Crippen MR) is 101 cm³/mol. The van der Waals surface area contributed by atoms with E-state index in [1.54, 1.807) is 48.6 Å². The van der Waals surface area contributed by atoms with Gasteiger partial charge in [0.05, 0.1) is 33.7 Å². The minimum absolute atomic E-state index is 0.382. The monoisotopic (exact) mass is 400 g/mol. The number of amides is 4. The molecular formula is C22H12N2O6. The molecule has 6 heterocycles. The summed E-state index contributed by atoms with van der Waals surface area (Å²) in [5.41, 5.74) is 2.34. The van der Waals surface area contributed by atoms with Crippen LogP contribution in [0.25, 0.3) is 0 Å². The van der Waals surface area contributed by atoms with Gasteiger partial charge in [-0.3, -0.25) is 19.2 Å². The summed E-state index contributed by atoms with van der Waals surface area (Å²) in [6, 6.07) is 6.27. The Kier molecular flexibility index (Phi) is 2.76. The Hall–Kier alpha value is -3.62. The van der Waals surface area contributed by atoms with Crippen LogP contribution in [-0.4, -0.2) is 48.0 Å². The predicted octanol–water partition coefficient (Wildman–Crippen LogP) is 0.701. The van der Waals surface area contributed by atoms with Crippen molar-refractivity contribution in [2.24, 2.45) is 0 Å². The first kappa shape index (κ1) is 16.2. The molecule has 6 aliphatic heterocycles. The largest absolute Gasteiger partial charge is 0.357 e. The lowest BCUT2D eigenvalue weighted by Crippen LogP contribution is -2.36. The van der Waals surface area contributed by atoms with Gasteiger partial charge in [-0.2, -0.15) is 0 Å². The zero-order chi connectivity index (χ0) is 20.3. The lowest BCUT2D eigenvalue weighted by atomic mass is 9.99. The number of carbonyl (C=O) groups excluding carboxylic acids is 4. The van der Waals surface area contributed by atoms with Crippen LogP contribution in [0.15, 0.2) is 70.9 Å². The van der Waals surface area contributed by atoms with E-state index in [9.17, 15) is 19.2 Å². The number of hydrogen-bond donors (Lipinski definition) is 0. The molecule has 4 atom stereocenters. The van der Waals surface area contributed by atoms with Gasteiger partial charge in [-0.1, -0.05) is 24.3 Å². The van der Waals surface area contributed by atoms with E-state index in [4.69, 9.17) is 9.47 Å². The molecule has 1 aromatic carbocycles. The van der Waals surface area contributed by atoms with E-state index in [1.807, 2.05) is 0 Å². The fourth-order valence-corrected chi connectivity index (χ4v) is 5.00. The van der Waals surface area contributed by atoms with Crippen LogP contribution in [0.1, 0.15) is 0 Å². The van der Waals surface area contributed by atoms with Gasteiger partial charge in [-0.25, -0.2) is 9.80 Å². The number of fused-ring (bicyclic) bond motifs is 8. The summed E-state index contributed by atoms with van der Waals surface area (Å²) in [6.07, 6.45) is 5.26. The van der Waals surface area contributed by atoms with Crippen molar-refractivity contribution in [3.63, 3.8) is 0 Å². The highest BCUT2D eigenvalue weighted by Crippen LogP contribution is 2.44. The standard InChI is InChI=1S/C22H12N2O6/c25-19-15-11-5-6-12(29-11)16(15)20(26)23(19)9-1-2-10(4-3-9)24-21(27)17-13-7-8-14(30-13)18(17)22(24)28/h1-8,11-14H. The van der Waals surface area contributed by atoms with Gasteiger partial charge in [-0.05, 0) is 24.3 Å². The second kappa shape index (κ2) is 5.10. The number of carbonyl (C=O) groups is 4. The lowest BCUT2D eigenvalue weighted by Gasteiger charge is -2.21. The molecule has 0 saturated carbocycles. The van der Waals surface area contributed by atoms with Crippen LogP contribution in [-0.2, 0) is 28.7 Å². The lowest BCUT2D eigenvalue weighted by molar-refractivity contribution is -0.123. The molecule has 6 aliphatic rings. The van der Waals surface area contributed by atoms with E-state index in [0.29, 0.717) is 33.7 Å². The van der Waals surface area contributed by atoms with E-state index < -0.39 is 48.0 Å². The quantitative estimate of drug-likeness (QED) is 0.536. The van der Waals surface area contributed by atoms with E-state index >= 15 is 0 Å². The van der Waals surface area contributed by atoms with Gasteiger partial charge in [0.25, 0.3) is 23.6 Å². The Morgan fingerprint density at radius 2 is 0.767 bits per heavy atom. The van der Waals surface area contributed by atoms with Crippen molar-refractivity contribution in [3.05, 3.63) is 70.9 Å². The summed E-state index contributed by atoms with van der Waals surface area (Å²) in [7, 11) is 0. The van der Waals surface area contributed by atoms with Crippen LogP contribution in [0.2, 0.25) is 0 Å². The maximum Gasteiger partial charge on any atom is 0.264 e. The van der Waals surface area contributed by atoms with Crippen LogP contribution in [0.3, 0.4) is 0 Å². The molecule has 0 aliphatic carbocycles. The SMILES string of the molecule is O=C1C2=C(C(=O)N1c1ccc(N3C(=O)C4=C(C3=O)C3C=CC4O3)cc1)C1C=CC2O1. The van der Waals surface area contributed by atoms with E-state index in [0.717, 1.165) is 9.80 Å². The summed E-state index contributed by atoms with van der Waals surface area (Å²) < 4.78 is 11.2. The highest BCUT2D eigenvalue weighted by Gasteiger charge is 2.53. The molecule has 1 aromatic rings. The molecule has 0 N–H and O–H groups in total. The Labute approximate surface area is 169 Å². The second-order valence-electron chi connectivity index (χ2n) is 7.79. The minimum Gasteiger partial charge on any atom is -0.357 e. The zero-order valence-electron chi connectivity index (χ0n) is 15.3. The fraction of sp³-hybridized carbons (Fsp3) is 0.182. The molecule has 30 heavy (non-hydrogen) atoms. The molecule has 8 heteroatoms. The van der Waals surface area contributed by atoms with Crippen molar-refractivity contribution in [3.8, 4) is 0 Å². The van der Waals surface area contributed by atoms with Gasteiger partial charge in [0.1, 0.15) is 24.4 Å². The van der Waals surface area contributed by atoms with Gasteiger partial charge in [0, 0.05) is 0 Å². The first-order valence-corrected chi connectivity index (χ1v) is 9.58. The third kappa shape index (κ3) is 1.71. The van der Waals surface area contributed by atoms with Crippen molar-refractivity contribution >= 4 is 35.0 Å². The number of nitrogens with zero attached hydrogens (tertiary/aromatic N) is 2. The molecule has 8 nitrogen and oxygen atoms in total. The van der Waals surface area contributed by atoms with Crippen molar-refractivity contribution in [2.75, 3.05) is 9.80 Å².